The number of hydrogen-bond donors (Lipinski definition) is 1. The summed E-state index contributed by atoms with van der Waals surface area (Å²) < 4.78 is 6.64. The highest BCUT2D eigenvalue weighted by atomic mass is 127. The predicted molar refractivity (Wildman–Crippen MR) is 82.4 cm³/mol. The highest BCUT2D eigenvalue weighted by Crippen LogP contribution is 2.26. The third-order valence-corrected chi connectivity index (χ3v) is 3.77. The minimum atomic E-state index is -0.501. The van der Waals surface area contributed by atoms with Crippen LogP contribution in [0.25, 0.3) is 0 Å². The largest absolute Gasteiger partial charge is 0.383 e. The highest BCUT2D eigenvalue weighted by molar-refractivity contribution is 14.1. The lowest BCUT2D eigenvalue weighted by Gasteiger charge is -2.24. The van der Waals surface area contributed by atoms with Crippen molar-refractivity contribution in [2.75, 3.05) is 12.3 Å². The molecular weight excluding hydrogens is 341 g/mol. The third-order valence-electron chi connectivity index (χ3n) is 2.59. The van der Waals surface area contributed by atoms with Gasteiger partial charge in [-0.25, -0.2) is 9.97 Å². The van der Waals surface area contributed by atoms with Gasteiger partial charge in [0, 0.05) is 6.61 Å². The van der Waals surface area contributed by atoms with E-state index in [4.69, 9.17) is 10.5 Å². The normalized spacial score (nSPS) is 12.2. The predicted octanol–water partition coefficient (Wildman–Crippen LogP) is 3.13. The monoisotopic (exact) mass is 363 g/mol. The number of rotatable bonds is 5. The summed E-state index contributed by atoms with van der Waals surface area (Å²) in [4.78, 5) is 9.01. The number of halogens is 1. The van der Waals surface area contributed by atoms with Gasteiger partial charge in [-0.2, -0.15) is 0 Å². The van der Waals surface area contributed by atoms with E-state index >= 15 is 0 Å². The Morgan fingerprint density at radius 3 is 2.44 bits per heavy atom. The first kappa shape index (κ1) is 15.6. The van der Waals surface area contributed by atoms with E-state index in [2.05, 4.69) is 46.4 Å². The summed E-state index contributed by atoms with van der Waals surface area (Å²) in [5.74, 6) is 1.75. The quantitative estimate of drug-likeness (QED) is 0.817. The summed E-state index contributed by atoms with van der Waals surface area (Å²) in [6.45, 7) is 10.9. The van der Waals surface area contributed by atoms with Crippen LogP contribution in [0.3, 0.4) is 0 Å². The lowest BCUT2D eigenvalue weighted by atomic mass is 10.1. The number of nitrogens with zero attached hydrogens (tertiary/aromatic N) is 2. The fraction of sp³-hybridized carbons (Fsp3) is 0.692. The Bertz CT molecular complexity index is 419. The van der Waals surface area contributed by atoms with Crippen molar-refractivity contribution >= 4 is 28.4 Å². The number of hydrogen-bond acceptors (Lipinski definition) is 4. The van der Waals surface area contributed by atoms with Gasteiger partial charge < -0.3 is 10.5 Å². The Balaban J connectivity index is 3.19. The molecule has 102 valence electrons. The van der Waals surface area contributed by atoms with E-state index in [-0.39, 0.29) is 0 Å². The van der Waals surface area contributed by atoms with Gasteiger partial charge in [-0.05, 0) is 55.7 Å². The molecule has 0 radical (unpaired) electrons. The molecule has 0 bridgehead atoms. The van der Waals surface area contributed by atoms with Crippen LogP contribution in [0.1, 0.15) is 46.1 Å². The summed E-state index contributed by atoms with van der Waals surface area (Å²) >= 11 is 2.21. The SMILES string of the molecule is CCOC(C)(C)c1nc(N)c(I)c(CC(C)C)n1. The van der Waals surface area contributed by atoms with Gasteiger partial charge in [0.15, 0.2) is 5.82 Å². The average Bonchev–Trinajstić information content (AvgIpc) is 2.23. The molecule has 0 fully saturated rings. The van der Waals surface area contributed by atoms with E-state index in [1.807, 2.05) is 20.8 Å². The fourth-order valence-electron chi connectivity index (χ4n) is 1.73. The Morgan fingerprint density at radius 1 is 1.33 bits per heavy atom. The molecule has 1 aromatic heterocycles. The molecule has 18 heavy (non-hydrogen) atoms. The molecule has 1 heterocycles. The third kappa shape index (κ3) is 3.78. The molecule has 0 saturated heterocycles. The van der Waals surface area contributed by atoms with E-state index in [0.717, 1.165) is 15.7 Å². The van der Waals surface area contributed by atoms with E-state index in [1.54, 1.807) is 0 Å². The number of anilines is 1. The van der Waals surface area contributed by atoms with Gasteiger partial charge in [0.25, 0.3) is 0 Å². The molecule has 0 aliphatic carbocycles. The molecule has 0 aliphatic rings. The fourth-order valence-corrected chi connectivity index (χ4v) is 2.19. The standard InChI is InChI=1S/C13H22IN3O/c1-6-18-13(4,5)12-16-9(7-8(2)3)10(14)11(15)17-12/h8H,6-7H2,1-5H3,(H2,15,16,17). The van der Waals surface area contributed by atoms with Crippen LogP contribution >= 0.6 is 22.6 Å². The van der Waals surface area contributed by atoms with Crippen LogP contribution < -0.4 is 5.73 Å². The Hall–Kier alpha value is -0.430. The molecule has 0 unspecified atom stereocenters. The van der Waals surface area contributed by atoms with E-state index in [0.29, 0.717) is 24.2 Å². The Morgan fingerprint density at radius 2 is 1.94 bits per heavy atom. The maximum absolute atomic E-state index is 5.98. The van der Waals surface area contributed by atoms with Crippen LogP contribution in [-0.4, -0.2) is 16.6 Å². The zero-order chi connectivity index (χ0) is 13.9. The van der Waals surface area contributed by atoms with Crippen molar-refractivity contribution in [3.63, 3.8) is 0 Å². The van der Waals surface area contributed by atoms with Gasteiger partial charge in [0.1, 0.15) is 11.4 Å². The van der Waals surface area contributed by atoms with Crippen LogP contribution in [-0.2, 0) is 16.8 Å². The van der Waals surface area contributed by atoms with Crippen molar-refractivity contribution < 1.29 is 4.74 Å². The number of nitrogen functional groups attached to an aromatic ring is 1. The molecule has 0 aromatic carbocycles. The van der Waals surface area contributed by atoms with E-state index < -0.39 is 5.60 Å². The van der Waals surface area contributed by atoms with Gasteiger partial charge in [-0.15, -0.1) is 0 Å². The minimum absolute atomic E-state index is 0.501. The highest BCUT2D eigenvalue weighted by Gasteiger charge is 2.26. The van der Waals surface area contributed by atoms with Crippen molar-refractivity contribution in [1.29, 1.82) is 0 Å². The van der Waals surface area contributed by atoms with Gasteiger partial charge in [-0.1, -0.05) is 13.8 Å². The Kier molecular flexibility index (Phi) is 5.33. The maximum Gasteiger partial charge on any atom is 0.162 e. The average molecular weight is 363 g/mol. The van der Waals surface area contributed by atoms with Crippen molar-refractivity contribution in [3.8, 4) is 0 Å². The molecular formula is C13H22IN3O. The zero-order valence-electron chi connectivity index (χ0n) is 11.7. The van der Waals surface area contributed by atoms with Gasteiger partial charge in [-0.3, -0.25) is 0 Å². The van der Waals surface area contributed by atoms with Crippen LogP contribution in [0.4, 0.5) is 5.82 Å². The van der Waals surface area contributed by atoms with Crippen LogP contribution in [0.2, 0.25) is 0 Å². The smallest absolute Gasteiger partial charge is 0.162 e. The van der Waals surface area contributed by atoms with Crippen molar-refractivity contribution in [1.82, 2.24) is 9.97 Å². The van der Waals surface area contributed by atoms with Crippen molar-refractivity contribution in [2.24, 2.45) is 5.92 Å². The summed E-state index contributed by atoms with van der Waals surface area (Å²) in [6.07, 6.45) is 0.903. The molecule has 0 saturated carbocycles. The van der Waals surface area contributed by atoms with Crippen LogP contribution in [0, 0.1) is 9.49 Å². The van der Waals surface area contributed by atoms with Crippen LogP contribution in [0.5, 0.6) is 0 Å². The molecule has 1 rings (SSSR count). The van der Waals surface area contributed by atoms with Crippen molar-refractivity contribution in [3.05, 3.63) is 15.1 Å². The summed E-state index contributed by atoms with van der Waals surface area (Å²) in [5.41, 5.74) is 6.49. The van der Waals surface area contributed by atoms with E-state index in [1.165, 1.54) is 0 Å². The molecule has 2 N–H and O–H groups in total. The molecule has 1 aromatic rings. The minimum Gasteiger partial charge on any atom is -0.383 e. The maximum atomic E-state index is 5.98. The molecule has 4 nitrogen and oxygen atoms in total. The lowest BCUT2D eigenvalue weighted by molar-refractivity contribution is -0.0209. The Labute approximate surface area is 123 Å². The molecule has 0 spiro atoms. The van der Waals surface area contributed by atoms with Gasteiger partial charge in [0.05, 0.1) is 9.26 Å². The second kappa shape index (κ2) is 6.14. The first-order chi connectivity index (χ1) is 8.27. The molecule has 0 aliphatic heterocycles. The van der Waals surface area contributed by atoms with Crippen LogP contribution in [0.15, 0.2) is 0 Å². The first-order valence-corrected chi connectivity index (χ1v) is 7.32. The molecule has 0 amide bonds. The second-order valence-electron chi connectivity index (χ2n) is 5.23. The lowest BCUT2D eigenvalue weighted by Crippen LogP contribution is -2.26. The second-order valence-corrected chi connectivity index (χ2v) is 6.31. The number of nitrogens with two attached hydrogens (primary N) is 1. The van der Waals surface area contributed by atoms with Gasteiger partial charge in [0.2, 0.25) is 0 Å². The topological polar surface area (TPSA) is 61.0 Å². The summed E-state index contributed by atoms with van der Waals surface area (Å²) in [5, 5.41) is 0. The first-order valence-electron chi connectivity index (χ1n) is 6.24. The zero-order valence-corrected chi connectivity index (χ0v) is 13.9. The van der Waals surface area contributed by atoms with Gasteiger partial charge >= 0.3 is 0 Å². The van der Waals surface area contributed by atoms with E-state index in [9.17, 15) is 0 Å². The molecule has 0 atom stereocenters. The summed E-state index contributed by atoms with van der Waals surface area (Å²) in [6, 6.07) is 0. The number of ether oxygens (including phenoxy) is 1. The van der Waals surface area contributed by atoms with Crippen molar-refractivity contribution in [2.45, 2.75) is 46.6 Å². The molecule has 5 heteroatoms. The number of aromatic nitrogens is 2. The summed E-state index contributed by atoms with van der Waals surface area (Å²) in [7, 11) is 0.